The average molecular weight is 190 g/mol. The van der Waals surface area contributed by atoms with Gasteiger partial charge in [0.1, 0.15) is 5.82 Å². The van der Waals surface area contributed by atoms with Crippen molar-refractivity contribution in [1.29, 1.82) is 5.26 Å². The summed E-state index contributed by atoms with van der Waals surface area (Å²) >= 11 is 0. The van der Waals surface area contributed by atoms with Gasteiger partial charge in [-0.1, -0.05) is 6.07 Å². The van der Waals surface area contributed by atoms with Gasteiger partial charge in [0.05, 0.1) is 24.6 Å². The van der Waals surface area contributed by atoms with Crippen LogP contribution in [0.4, 0.5) is 10.1 Å². The zero-order valence-electron chi connectivity index (χ0n) is 7.30. The molecule has 0 bridgehead atoms. The maximum absolute atomic E-state index is 13.3. The minimum atomic E-state index is -0.460. The maximum Gasteiger partial charge on any atom is 0.228 e. The third-order valence-electron chi connectivity index (χ3n) is 2.13. The number of amides is 1. The number of halogens is 1. The molecule has 0 unspecified atom stereocenters. The summed E-state index contributed by atoms with van der Waals surface area (Å²) in [6.07, 6.45) is 0.365. The van der Waals surface area contributed by atoms with E-state index in [-0.39, 0.29) is 24.4 Å². The van der Waals surface area contributed by atoms with E-state index in [0.717, 1.165) is 0 Å². The number of benzene rings is 1. The summed E-state index contributed by atoms with van der Waals surface area (Å²) in [7, 11) is 0. The molecule has 0 saturated carbocycles. The van der Waals surface area contributed by atoms with Crippen molar-refractivity contribution in [3.63, 3.8) is 0 Å². The van der Waals surface area contributed by atoms with Gasteiger partial charge in [0.2, 0.25) is 5.91 Å². The van der Waals surface area contributed by atoms with Gasteiger partial charge in [-0.15, -0.1) is 0 Å². The Balaban J connectivity index is 2.46. The van der Waals surface area contributed by atoms with Gasteiger partial charge in [-0.2, -0.15) is 5.26 Å². The summed E-state index contributed by atoms with van der Waals surface area (Å²) in [6.45, 7) is 0. The molecule has 1 aromatic rings. The normalized spacial score (nSPS) is 13.3. The Kier molecular flexibility index (Phi) is 1.93. The van der Waals surface area contributed by atoms with Gasteiger partial charge in [0.25, 0.3) is 0 Å². The van der Waals surface area contributed by atoms with Crippen molar-refractivity contribution < 1.29 is 9.18 Å². The molecule has 2 rings (SSSR count). The SMILES string of the molecule is N#CCc1cc(F)c2c(c1)CC(=O)N2. The molecule has 0 saturated heterocycles. The van der Waals surface area contributed by atoms with Gasteiger partial charge in [-0.3, -0.25) is 4.79 Å². The first kappa shape index (κ1) is 8.70. The van der Waals surface area contributed by atoms with Crippen molar-refractivity contribution in [1.82, 2.24) is 0 Å². The van der Waals surface area contributed by atoms with Crippen LogP contribution in [0.3, 0.4) is 0 Å². The fraction of sp³-hybridized carbons (Fsp3) is 0.200. The molecular formula is C10H7FN2O. The Bertz CT molecular complexity index is 448. The second kappa shape index (κ2) is 3.11. The van der Waals surface area contributed by atoms with E-state index in [2.05, 4.69) is 5.32 Å². The van der Waals surface area contributed by atoms with Gasteiger partial charge >= 0.3 is 0 Å². The fourth-order valence-corrected chi connectivity index (χ4v) is 1.56. The van der Waals surface area contributed by atoms with E-state index in [9.17, 15) is 9.18 Å². The molecule has 3 nitrogen and oxygen atoms in total. The highest BCUT2D eigenvalue weighted by atomic mass is 19.1. The predicted octanol–water partition coefficient (Wildman–Crippen LogP) is 1.39. The van der Waals surface area contributed by atoms with Crippen LogP contribution in [-0.4, -0.2) is 5.91 Å². The van der Waals surface area contributed by atoms with Crippen LogP contribution in [-0.2, 0) is 17.6 Å². The Morgan fingerprint density at radius 2 is 2.36 bits per heavy atom. The highest BCUT2D eigenvalue weighted by Gasteiger charge is 2.21. The molecule has 1 aliphatic rings. The maximum atomic E-state index is 13.3. The van der Waals surface area contributed by atoms with Gasteiger partial charge in [0, 0.05) is 0 Å². The molecule has 4 heteroatoms. The molecule has 1 heterocycles. The van der Waals surface area contributed by atoms with Gasteiger partial charge in [-0.25, -0.2) is 4.39 Å². The van der Waals surface area contributed by atoms with E-state index in [0.29, 0.717) is 11.1 Å². The third kappa shape index (κ3) is 1.33. The molecule has 70 valence electrons. The zero-order valence-corrected chi connectivity index (χ0v) is 7.30. The summed E-state index contributed by atoms with van der Waals surface area (Å²) in [4.78, 5) is 11.0. The largest absolute Gasteiger partial charge is 0.323 e. The minimum absolute atomic E-state index is 0.165. The number of rotatable bonds is 1. The lowest BCUT2D eigenvalue weighted by molar-refractivity contribution is -0.115. The van der Waals surface area contributed by atoms with E-state index in [1.54, 1.807) is 6.07 Å². The molecular weight excluding hydrogens is 183 g/mol. The van der Waals surface area contributed by atoms with Crippen LogP contribution < -0.4 is 5.32 Å². The zero-order chi connectivity index (χ0) is 10.1. The van der Waals surface area contributed by atoms with Crippen molar-refractivity contribution in [3.05, 3.63) is 29.1 Å². The van der Waals surface area contributed by atoms with Gasteiger partial charge in [0.15, 0.2) is 0 Å². The van der Waals surface area contributed by atoms with E-state index in [4.69, 9.17) is 5.26 Å². The molecule has 0 spiro atoms. The molecule has 0 aliphatic carbocycles. The fourth-order valence-electron chi connectivity index (χ4n) is 1.56. The van der Waals surface area contributed by atoms with Gasteiger partial charge < -0.3 is 5.32 Å². The standard InChI is InChI=1S/C10H7FN2O/c11-8-4-6(1-2-12)3-7-5-9(14)13-10(7)8/h3-4H,1,5H2,(H,13,14). The van der Waals surface area contributed by atoms with Crippen molar-refractivity contribution >= 4 is 11.6 Å². The van der Waals surface area contributed by atoms with Crippen LogP contribution in [0.25, 0.3) is 0 Å². The monoisotopic (exact) mass is 190 g/mol. The Labute approximate surface area is 80.2 Å². The van der Waals surface area contributed by atoms with Crippen LogP contribution in [0, 0.1) is 17.1 Å². The second-order valence-electron chi connectivity index (χ2n) is 3.17. The van der Waals surface area contributed by atoms with Crippen LogP contribution in [0.5, 0.6) is 0 Å². The topological polar surface area (TPSA) is 52.9 Å². The van der Waals surface area contributed by atoms with Crippen molar-refractivity contribution in [2.75, 3.05) is 5.32 Å². The first-order valence-electron chi connectivity index (χ1n) is 4.19. The first-order chi connectivity index (χ1) is 6.70. The molecule has 1 N–H and O–H groups in total. The van der Waals surface area contributed by atoms with Gasteiger partial charge in [-0.05, 0) is 17.2 Å². The number of fused-ring (bicyclic) bond motifs is 1. The van der Waals surface area contributed by atoms with Crippen LogP contribution in [0.15, 0.2) is 12.1 Å². The number of nitrogens with one attached hydrogen (secondary N) is 1. The summed E-state index contributed by atoms with van der Waals surface area (Å²) in [6, 6.07) is 4.92. The first-order valence-corrected chi connectivity index (χ1v) is 4.19. The third-order valence-corrected chi connectivity index (χ3v) is 2.13. The number of hydrogen-bond acceptors (Lipinski definition) is 2. The number of hydrogen-bond donors (Lipinski definition) is 1. The highest BCUT2D eigenvalue weighted by molar-refractivity contribution is 5.99. The van der Waals surface area contributed by atoms with Crippen molar-refractivity contribution in [2.24, 2.45) is 0 Å². The molecule has 0 atom stereocenters. The second-order valence-corrected chi connectivity index (χ2v) is 3.17. The lowest BCUT2D eigenvalue weighted by atomic mass is 10.1. The molecule has 1 aromatic carbocycles. The number of carbonyl (C=O) groups excluding carboxylic acids is 1. The van der Waals surface area contributed by atoms with Crippen molar-refractivity contribution in [3.8, 4) is 6.07 Å². The molecule has 14 heavy (non-hydrogen) atoms. The molecule has 0 radical (unpaired) electrons. The van der Waals surface area contributed by atoms with E-state index >= 15 is 0 Å². The molecule has 1 aliphatic heterocycles. The van der Waals surface area contributed by atoms with Crippen molar-refractivity contribution in [2.45, 2.75) is 12.8 Å². The highest BCUT2D eigenvalue weighted by Crippen LogP contribution is 2.27. The molecule has 1 amide bonds. The van der Waals surface area contributed by atoms with Crippen LogP contribution in [0.2, 0.25) is 0 Å². The number of carbonyl (C=O) groups is 1. The summed E-state index contributed by atoms with van der Waals surface area (Å²) in [5, 5.41) is 10.9. The predicted molar refractivity (Wildman–Crippen MR) is 48.1 cm³/mol. The Hall–Kier alpha value is -1.89. The smallest absolute Gasteiger partial charge is 0.228 e. The number of nitrogens with zero attached hydrogens (tertiary/aromatic N) is 1. The average Bonchev–Trinajstić information content (AvgIpc) is 2.47. The molecule has 0 aromatic heterocycles. The number of nitriles is 1. The summed E-state index contributed by atoms with van der Waals surface area (Å²) in [5.41, 5.74) is 1.51. The molecule has 0 fully saturated rings. The van der Waals surface area contributed by atoms with E-state index in [1.165, 1.54) is 6.07 Å². The minimum Gasteiger partial charge on any atom is -0.323 e. The van der Waals surface area contributed by atoms with Crippen LogP contribution in [0.1, 0.15) is 11.1 Å². The van der Waals surface area contributed by atoms with Crippen LogP contribution >= 0.6 is 0 Å². The lowest BCUT2D eigenvalue weighted by Gasteiger charge is -2.02. The summed E-state index contributed by atoms with van der Waals surface area (Å²) in [5.74, 6) is -0.661. The number of anilines is 1. The lowest BCUT2D eigenvalue weighted by Crippen LogP contribution is -2.04. The quantitative estimate of drug-likeness (QED) is 0.727. The van der Waals surface area contributed by atoms with E-state index in [1.807, 2.05) is 6.07 Å². The Morgan fingerprint density at radius 3 is 3.07 bits per heavy atom. The van der Waals surface area contributed by atoms with E-state index < -0.39 is 5.82 Å². The summed E-state index contributed by atoms with van der Waals surface area (Å²) < 4.78 is 13.3. The Morgan fingerprint density at radius 1 is 1.57 bits per heavy atom.